The zero-order valence-electron chi connectivity index (χ0n) is 12.3. The molecular formula is C17H27NO. The third-order valence-corrected chi connectivity index (χ3v) is 5.46. The van der Waals surface area contributed by atoms with E-state index in [1.165, 1.54) is 70.0 Å². The van der Waals surface area contributed by atoms with Gasteiger partial charge >= 0.3 is 0 Å². The van der Waals surface area contributed by atoms with E-state index in [-0.39, 0.29) is 6.04 Å². The highest BCUT2D eigenvalue weighted by Crippen LogP contribution is 2.53. The van der Waals surface area contributed by atoms with E-state index in [0.717, 1.165) is 6.42 Å². The van der Waals surface area contributed by atoms with Gasteiger partial charge in [-0.15, -0.1) is 0 Å². The lowest BCUT2D eigenvalue weighted by atomic mass is 9.62. The minimum absolute atomic E-state index is 0.244. The van der Waals surface area contributed by atoms with Gasteiger partial charge in [-0.1, -0.05) is 45.4 Å². The fourth-order valence-electron chi connectivity index (χ4n) is 4.42. The van der Waals surface area contributed by atoms with Crippen LogP contribution in [0.15, 0.2) is 11.8 Å². The molecule has 1 spiro atoms. The van der Waals surface area contributed by atoms with E-state index in [4.69, 9.17) is 0 Å². The van der Waals surface area contributed by atoms with Crippen molar-refractivity contribution < 1.29 is 4.79 Å². The predicted molar refractivity (Wildman–Crippen MR) is 77.9 cm³/mol. The van der Waals surface area contributed by atoms with Gasteiger partial charge in [0.25, 0.3) is 0 Å². The maximum atomic E-state index is 12.3. The molecule has 1 saturated carbocycles. The molecule has 3 aliphatic rings. The molecule has 1 unspecified atom stereocenters. The van der Waals surface area contributed by atoms with Crippen LogP contribution in [0.3, 0.4) is 0 Å². The molecule has 2 fully saturated rings. The van der Waals surface area contributed by atoms with Gasteiger partial charge in [-0.25, -0.2) is 0 Å². The standard InChI is InChI=1S/C17H27NO/c1-2-3-4-6-9-14-12-15(19)16-17(13-18(14)16)10-7-5-8-11-17/h12,16H,2-11,13H2,1H3. The third-order valence-electron chi connectivity index (χ3n) is 5.46. The number of hydrogen-bond acceptors (Lipinski definition) is 2. The molecule has 0 bridgehead atoms. The summed E-state index contributed by atoms with van der Waals surface area (Å²) in [5, 5.41) is 0. The molecule has 1 aliphatic carbocycles. The summed E-state index contributed by atoms with van der Waals surface area (Å²) in [5.41, 5.74) is 1.72. The van der Waals surface area contributed by atoms with E-state index in [9.17, 15) is 4.79 Å². The Morgan fingerprint density at radius 3 is 2.74 bits per heavy atom. The minimum atomic E-state index is 0.244. The fraction of sp³-hybridized carbons (Fsp3) is 0.824. The van der Waals surface area contributed by atoms with Crippen LogP contribution in [0.1, 0.15) is 71.1 Å². The average molecular weight is 261 g/mol. The van der Waals surface area contributed by atoms with Crippen molar-refractivity contribution in [3.8, 4) is 0 Å². The molecule has 0 N–H and O–H groups in total. The Morgan fingerprint density at radius 2 is 2.00 bits per heavy atom. The van der Waals surface area contributed by atoms with Gasteiger partial charge in [0.1, 0.15) is 0 Å². The molecule has 106 valence electrons. The zero-order chi connectivity index (χ0) is 13.3. The second kappa shape index (κ2) is 5.30. The first-order valence-electron chi connectivity index (χ1n) is 8.28. The Hall–Kier alpha value is -0.790. The lowest BCUT2D eigenvalue weighted by Crippen LogP contribution is -2.64. The number of fused-ring (bicyclic) bond motifs is 2. The highest BCUT2D eigenvalue weighted by Gasteiger charge is 2.58. The van der Waals surface area contributed by atoms with Crippen LogP contribution >= 0.6 is 0 Å². The summed E-state index contributed by atoms with van der Waals surface area (Å²) in [4.78, 5) is 14.7. The van der Waals surface area contributed by atoms with Gasteiger partial charge in [0, 0.05) is 23.7 Å². The van der Waals surface area contributed by atoms with E-state index in [2.05, 4.69) is 11.8 Å². The molecule has 0 aromatic rings. The summed E-state index contributed by atoms with van der Waals surface area (Å²) < 4.78 is 0. The number of nitrogens with zero attached hydrogens (tertiary/aromatic N) is 1. The van der Waals surface area contributed by atoms with Gasteiger partial charge in [0.2, 0.25) is 0 Å². The molecule has 0 radical (unpaired) electrons. The van der Waals surface area contributed by atoms with Crippen LogP contribution in [0, 0.1) is 5.41 Å². The van der Waals surface area contributed by atoms with E-state index >= 15 is 0 Å². The number of carbonyl (C=O) groups excluding carboxylic acids is 1. The molecule has 0 aromatic carbocycles. The quantitative estimate of drug-likeness (QED) is 0.696. The van der Waals surface area contributed by atoms with Gasteiger partial charge in [0.15, 0.2) is 5.78 Å². The predicted octanol–water partition coefficient (Wildman–Crippen LogP) is 4.06. The van der Waals surface area contributed by atoms with E-state index < -0.39 is 0 Å². The van der Waals surface area contributed by atoms with Gasteiger partial charge < -0.3 is 4.90 Å². The van der Waals surface area contributed by atoms with Gasteiger partial charge in [-0.2, -0.15) is 0 Å². The molecule has 2 aliphatic heterocycles. The van der Waals surface area contributed by atoms with Crippen LogP contribution in [-0.4, -0.2) is 23.3 Å². The van der Waals surface area contributed by atoms with Crippen LogP contribution in [0.4, 0.5) is 0 Å². The highest BCUT2D eigenvalue weighted by molar-refractivity contribution is 5.99. The van der Waals surface area contributed by atoms with Gasteiger partial charge in [-0.3, -0.25) is 4.79 Å². The lowest BCUT2D eigenvalue weighted by molar-refractivity contribution is -0.135. The molecule has 2 heterocycles. The summed E-state index contributed by atoms with van der Waals surface area (Å²) in [6, 6.07) is 0.244. The van der Waals surface area contributed by atoms with Crippen LogP contribution in [0.5, 0.6) is 0 Å². The van der Waals surface area contributed by atoms with Gasteiger partial charge in [-0.05, 0) is 25.7 Å². The first-order valence-corrected chi connectivity index (χ1v) is 8.28. The van der Waals surface area contributed by atoms with E-state index in [0.29, 0.717) is 11.2 Å². The topological polar surface area (TPSA) is 20.3 Å². The molecule has 3 rings (SSSR count). The van der Waals surface area contributed by atoms with Crippen molar-refractivity contribution in [2.24, 2.45) is 5.41 Å². The summed E-state index contributed by atoms with van der Waals surface area (Å²) in [5.74, 6) is 0.415. The molecule has 2 nitrogen and oxygen atoms in total. The van der Waals surface area contributed by atoms with Crippen molar-refractivity contribution >= 4 is 5.78 Å². The van der Waals surface area contributed by atoms with E-state index in [1.54, 1.807) is 0 Å². The number of hydrogen-bond donors (Lipinski definition) is 0. The monoisotopic (exact) mass is 261 g/mol. The maximum Gasteiger partial charge on any atom is 0.180 e. The van der Waals surface area contributed by atoms with Crippen molar-refractivity contribution in [1.82, 2.24) is 4.90 Å². The van der Waals surface area contributed by atoms with Crippen molar-refractivity contribution in [1.29, 1.82) is 0 Å². The van der Waals surface area contributed by atoms with E-state index in [1.807, 2.05) is 6.08 Å². The Kier molecular flexibility index (Phi) is 3.68. The number of ketones is 1. The second-order valence-electron chi connectivity index (χ2n) is 6.80. The third kappa shape index (κ3) is 2.23. The number of rotatable bonds is 5. The van der Waals surface area contributed by atoms with Crippen molar-refractivity contribution in [3.05, 3.63) is 11.8 Å². The maximum absolute atomic E-state index is 12.3. The summed E-state index contributed by atoms with van der Waals surface area (Å²) >= 11 is 0. The van der Waals surface area contributed by atoms with Crippen LogP contribution in [0.25, 0.3) is 0 Å². The fourth-order valence-corrected chi connectivity index (χ4v) is 4.42. The SMILES string of the molecule is CCCCCCC1=CC(=O)C2N1CC21CCCCC1. The highest BCUT2D eigenvalue weighted by atomic mass is 16.1. The normalized spacial score (nSPS) is 28.3. The van der Waals surface area contributed by atoms with Crippen LogP contribution in [-0.2, 0) is 4.79 Å². The smallest absolute Gasteiger partial charge is 0.180 e. The molecule has 0 aromatic heterocycles. The first kappa shape index (κ1) is 13.2. The summed E-state index contributed by atoms with van der Waals surface area (Å²) in [7, 11) is 0. The van der Waals surface area contributed by atoms with Gasteiger partial charge in [0.05, 0.1) is 6.04 Å². The van der Waals surface area contributed by atoms with Crippen LogP contribution in [0.2, 0.25) is 0 Å². The Balaban J connectivity index is 1.57. The Labute approximate surface area is 117 Å². The molecular weight excluding hydrogens is 234 g/mol. The van der Waals surface area contributed by atoms with Crippen molar-refractivity contribution in [2.45, 2.75) is 77.2 Å². The first-order chi connectivity index (χ1) is 9.27. The molecule has 2 heteroatoms. The largest absolute Gasteiger partial charge is 0.363 e. The Bertz CT molecular complexity index is 379. The number of allylic oxidation sites excluding steroid dienone is 1. The Morgan fingerprint density at radius 1 is 1.21 bits per heavy atom. The molecule has 1 atom stereocenters. The number of unbranched alkanes of at least 4 members (excludes halogenated alkanes) is 3. The molecule has 0 amide bonds. The van der Waals surface area contributed by atoms with Crippen LogP contribution < -0.4 is 0 Å². The van der Waals surface area contributed by atoms with Crippen molar-refractivity contribution in [3.63, 3.8) is 0 Å². The minimum Gasteiger partial charge on any atom is -0.363 e. The molecule has 1 saturated heterocycles. The lowest BCUT2D eigenvalue weighted by Gasteiger charge is -2.57. The number of carbonyl (C=O) groups is 1. The van der Waals surface area contributed by atoms with Crippen molar-refractivity contribution in [2.75, 3.05) is 6.54 Å². The molecule has 19 heavy (non-hydrogen) atoms. The average Bonchev–Trinajstić information content (AvgIpc) is 2.67. The summed E-state index contributed by atoms with van der Waals surface area (Å²) in [6.45, 7) is 3.42. The summed E-state index contributed by atoms with van der Waals surface area (Å²) in [6.07, 6.45) is 14.9. The zero-order valence-corrected chi connectivity index (χ0v) is 12.3. The second-order valence-corrected chi connectivity index (χ2v) is 6.80.